The number of fused-ring (bicyclic) bond motifs is 2. The van der Waals surface area contributed by atoms with Crippen LogP contribution in [0.1, 0.15) is 5.56 Å². The van der Waals surface area contributed by atoms with Gasteiger partial charge >= 0.3 is 0 Å². The smallest absolute Gasteiger partial charge is 0.128 e. The van der Waals surface area contributed by atoms with Crippen molar-refractivity contribution < 1.29 is 0 Å². The van der Waals surface area contributed by atoms with Crippen LogP contribution in [0.15, 0.2) is 49.2 Å². The average Bonchev–Trinajstić information content (AvgIpc) is 3.23. The Bertz CT molecular complexity index is 1310. The van der Waals surface area contributed by atoms with Gasteiger partial charge in [0.05, 0.1) is 23.5 Å². The first-order valence-electron chi connectivity index (χ1n) is 10.5. The summed E-state index contributed by atoms with van der Waals surface area (Å²) in [6.45, 7) is 2.88. The number of aryl methyl sites for hydroxylation is 1. The highest BCUT2D eigenvalue weighted by Gasteiger charge is 2.54. The summed E-state index contributed by atoms with van der Waals surface area (Å²) in [6.07, 6.45) is 9.24. The first kappa shape index (κ1) is 18.1. The van der Waals surface area contributed by atoms with E-state index in [1.807, 2.05) is 31.8 Å². The zero-order valence-electron chi connectivity index (χ0n) is 17.2. The first-order chi connectivity index (χ1) is 15.2. The third kappa shape index (κ3) is 2.81. The lowest BCUT2D eigenvalue weighted by Gasteiger charge is -2.20. The largest absolute Gasteiger partial charge is 0.356 e. The Labute approximate surface area is 179 Å². The van der Waals surface area contributed by atoms with E-state index in [0.29, 0.717) is 11.5 Å². The van der Waals surface area contributed by atoms with Crippen molar-refractivity contribution in [3.8, 4) is 28.3 Å². The summed E-state index contributed by atoms with van der Waals surface area (Å²) in [7, 11) is 1.89. The molecule has 8 nitrogen and oxygen atoms in total. The van der Waals surface area contributed by atoms with E-state index >= 15 is 0 Å². The second-order valence-electron chi connectivity index (χ2n) is 8.55. The number of rotatable bonds is 4. The highest BCUT2D eigenvalue weighted by molar-refractivity contribution is 5.87. The summed E-state index contributed by atoms with van der Waals surface area (Å²) in [5.74, 6) is 3.16. The Morgan fingerprint density at radius 2 is 1.90 bits per heavy atom. The maximum absolute atomic E-state index is 9.60. The SMILES string of the molecule is Cn1cc(-c2cc(-c3ccc(N4CC5C(CN)[C@H]5C4)nc3)c3c(C#N)cnn3c2)cn1. The zero-order chi connectivity index (χ0) is 21.1. The molecule has 1 saturated heterocycles. The predicted octanol–water partition coefficient (Wildman–Crippen LogP) is 2.31. The van der Waals surface area contributed by atoms with Crippen molar-refractivity contribution in [1.82, 2.24) is 24.4 Å². The topological polar surface area (TPSA) is 101 Å². The molecule has 2 N–H and O–H groups in total. The van der Waals surface area contributed by atoms with E-state index in [4.69, 9.17) is 10.7 Å². The molecule has 0 amide bonds. The minimum absolute atomic E-state index is 0.546. The number of piperidine rings is 1. The van der Waals surface area contributed by atoms with E-state index in [0.717, 1.165) is 65.1 Å². The molecule has 1 saturated carbocycles. The molecule has 0 bridgehead atoms. The van der Waals surface area contributed by atoms with Crippen molar-refractivity contribution in [3.63, 3.8) is 0 Å². The Morgan fingerprint density at radius 1 is 1.06 bits per heavy atom. The normalized spacial score (nSPS) is 22.0. The molecule has 1 aliphatic heterocycles. The van der Waals surface area contributed by atoms with Crippen LogP contribution in [0.25, 0.3) is 27.8 Å². The molecule has 2 aliphatic rings. The molecule has 31 heavy (non-hydrogen) atoms. The highest BCUT2D eigenvalue weighted by Crippen LogP contribution is 2.51. The van der Waals surface area contributed by atoms with Crippen LogP contribution in [0.2, 0.25) is 0 Å². The Morgan fingerprint density at radius 3 is 2.55 bits per heavy atom. The van der Waals surface area contributed by atoms with Crippen molar-refractivity contribution >= 4 is 11.3 Å². The van der Waals surface area contributed by atoms with Crippen LogP contribution in [0, 0.1) is 29.1 Å². The average molecular weight is 410 g/mol. The fraction of sp³-hybridized carbons (Fsp3) is 0.304. The van der Waals surface area contributed by atoms with Gasteiger partial charge in [-0.2, -0.15) is 15.5 Å². The lowest BCUT2D eigenvalue weighted by atomic mass is 10.0. The van der Waals surface area contributed by atoms with Gasteiger partial charge in [-0.3, -0.25) is 4.68 Å². The summed E-state index contributed by atoms with van der Waals surface area (Å²) in [5, 5.41) is 18.3. The van der Waals surface area contributed by atoms with Crippen molar-refractivity contribution in [1.29, 1.82) is 5.26 Å². The van der Waals surface area contributed by atoms with Gasteiger partial charge in [0, 0.05) is 61.0 Å². The second kappa shape index (κ2) is 6.65. The van der Waals surface area contributed by atoms with E-state index in [9.17, 15) is 5.26 Å². The summed E-state index contributed by atoms with van der Waals surface area (Å²) in [6, 6.07) is 8.51. The van der Waals surface area contributed by atoms with Crippen LogP contribution in [0.4, 0.5) is 5.82 Å². The number of nitrogens with two attached hydrogens (primary N) is 1. The highest BCUT2D eigenvalue weighted by atomic mass is 15.2. The lowest BCUT2D eigenvalue weighted by Crippen LogP contribution is -2.26. The minimum Gasteiger partial charge on any atom is -0.356 e. The van der Waals surface area contributed by atoms with E-state index < -0.39 is 0 Å². The summed E-state index contributed by atoms with van der Waals surface area (Å²) in [5.41, 5.74) is 11.0. The fourth-order valence-corrected chi connectivity index (χ4v) is 5.07. The molecule has 4 aromatic heterocycles. The van der Waals surface area contributed by atoms with E-state index in [-0.39, 0.29) is 0 Å². The van der Waals surface area contributed by atoms with Gasteiger partial charge in [0.25, 0.3) is 0 Å². The second-order valence-corrected chi connectivity index (χ2v) is 8.55. The molecule has 8 heteroatoms. The molecule has 3 atom stereocenters. The Balaban J connectivity index is 1.39. The van der Waals surface area contributed by atoms with E-state index in [1.165, 1.54) is 0 Å². The number of hydrogen-bond donors (Lipinski definition) is 1. The molecule has 2 unspecified atom stereocenters. The summed E-state index contributed by atoms with van der Waals surface area (Å²) < 4.78 is 3.54. The maximum atomic E-state index is 9.60. The molecule has 5 heterocycles. The molecular formula is C23H22N8. The maximum Gasteiger partial charge on any atom is 0.128 e. The van der Waals surface area contributed by atoms with Gasteiger partial charge in [0.2, 0.25) is 0 Å². The number of nitrogens with zero attached hydrogens (tertiary/aromatic N) is 7. The van der Waals surface area contributed by atoms with Gasteiger partial charge in [0.1, 0.15) is 11.9 Å². The molecule has 154 valence electrons. The standard InChI is InChI=1S/C23H22N8/c1-29-10-17(9-27-29)15-4-18(23-16(5-24)8-28-31(23)11-15)14-2-3-22(26-7-14)30-12-20-19(6-25)21(20)13-30/h2-4,7-11,19-21H,6,12-13,25H2,1H3/t19?,20-,21?/m1/s1. The van der Waals surface area contributed by atoms with Gasteiger partial charge in [0.15, 0.2) is 0 Å². The fourth-order valence-electron chi connectivity index (χ4n) is 5.07. The van der Waals surface area contributed by atoms with Crippen LogP contribution in [0.3, 0.4) is 0 Å². The predicted molar refractivity (Wildman–Crippen MR) is 117 cm³/mol. The van der Waals surface area contributed by atoms with Crippen molar-refractivity contribution in [2.75, 3.05) is 24.5 Å². The molecular weight excluding hydrogens is 388 g/mol. The van der Waals surface area contributed by atoms with Crippen LogP contribution in [-0.4, -0.2) is 44.0 Å². The quantitative estimate of drug-likeness (QED) is 0.554. The monoisotopic (exact) mass is 410 g/mol. The van der Waals surface area contributed by atoms with Gasteiger partial charge in [-0.05, 0) is 42.5 Å². The van der Waals surface area contributed by atoms with Gasteiger partial charge < -0.3 is 10.6 Å². The van der Waals surface area contributed by atoms with Crippen LogP contribution in [-0.2, 0) is 7.05 Å². The molecule has 2 fully saturated rings. The number of nitriles is 1. The molecule has 6 rings (SSSR count). The van der Waals surface area contributed by atoms with Crippen molar-refractivity contribution in [2.24, 2.45) is 30.5 Å². The van der Waals surface area contributed by atoms with Crippen LogP contribution < -0.4 is 10.6 Å². The van der Waals surface area contributed by atoms with E-state index in [1.54, 1.807) is 15.4 Å². The lowest BCUT2D eigenvalue weighted by molar-refractivity contribution is 0.644. The third-order valence-corrected chi connectivity index (χ3v) is 6.80. The van der Waals surface area contributed by atoms with Crippen LogP contribution in [0.5, 0.6) is 0 Å². The zero-order valence-corrected chi connectivity index (χ0v) is 17.2. The first-order valence-corrected chi connectivity index (χ1v) is 10.5. The van der Waals surface area contributed by atoms with Crippen molar-refractivity contribution in [2.45, 2.75) is 0 Å². The van der Waals surface area contributed by atoms with Gasteiger partial charge in [-0.15, -0.1) is 0 Å². The molecule has 0 radical (unpaired) electrons. The van der Waals surface area contributed by atoms with Gasteiger partial charge in [-0.25, -0.2) is 9.50 Å². The summed E-state index contributed by atoms with van der Waals surface area (Å²) >= 11 is 0. The van der Waals surface area contributed by atoms with E-state index in [2.05, 4.69) is 39.4 Å². The summed E-state index contributed by atoms with van der Waals surface area (Å²) in [4.78, 5) is 7.12. The molecule has 0 spiro atoms. The number of anilines is 1. The van der Waals surface area contributed by atoms with Gasteiger partial charge in [-0.1, -0.05) is 0 Å². The number of aromatic nitrogens is 5. The molecule has 1 aliphatic carbocycles. The third-order valence-electron chi connectivity index (χ3n) is 6.80. The molecule has 4 aromatic rings. The Hall–Kier alpha value is -3.70. The number of pyridine rings is 2. The van der Waals surface area contributed by atoms with Crippen LogP contribution >= 0.6 is 0 Å². The minimum atomic E-state index is 0.546. The molecule has 0 aromatic carbocycles. The Kier molecular flexibility index (Phi) is 3.88. The van der Waals surface area contributed by atoms with Crippen molar-refractivity contribution in [3.05, 3.63) is 54.7 Å². The number of hydrogen-bond acceptors (Lipinski definition) is 6.